The molecule has 0 aromatic heterocycles. The fraction of sp³-hybridized carbons (Fsp3) is 0.500. The van der Waals surface area contributed by atoms with Crippen molar-refractivity contribution in [1.29, 1.82) is 0 Å². The quantitative estimate of drug-likeness (QED) is 0.0597. The van der Waals surface area contributed by atoms with Crippen molar-refractivity contribution in [2.75, 3.05) is 60.7 Å². The van der Waals surface area contributed by atoms with Gasteiger partial charge in [0.1, 0.15) is 24.2 Å². The van der Waals surface area contributed by atoms with E-state index in [-0.39, 0.29) is 55.4 Å². The van der Waals surface area contributed by atoms with Crippen LogP contribution in [0, 0.1) is 10.1 Å². The largest absolute Gasteiger partial charge is 0.514 e. The summed E-state index contributed by atoms with van der Waals surface area (Å²) in [5.41, 5.74) is 0.259. The Balaban J connectivity index is 1.68. The summed E-state index contributed by atoms with van der Waals surface area (Å²) in [6.07, 6.45) is -3.84. The molecule has 3 unspecified atom stereocenters. The first-order chi connectivity index (χ1) is 23.4. The summed E-state index contributed by atoms with van der Waals surface area (Å²) in [5.74, 6) is -1.67. The Morgan fingerprint density at radius 1 is 1.00 bits per heavy atom. The number of carbonyl (C=O) groups excluding carboxylic acids is 4. The van der Waals surface area contributed by atoms with E-state index in [1.807, 2.05) is 19.0 Å². The van der Waals surface area contributed by atoms with Crippen molar-refractivity contribution in [3.8, 4) is 11.5 Å². The van der Waals surface area contributed by atoms with Crippen molar-refractivity contribution >= 4 is 29.7 Å². The SMILES string of the molecule is COC(=O)C1CC(OC(C)=O)CC(Oc2ccc(COC(=O)Oc3ccc([N+](=O)[O-])cc3)cc2C(=O)NCCOCCOCCN(C)C)O1. The Morgan fingerprint density at radius 2 is 1.71 bits per heavy atom. The molecule has 1 aliphatic heterocycles. The van der Waals surface area contributed by atoms with Gasteiger partial charge in [0, 0.05) is 45.0 Å². The highest BCUT2D eigenvalue weighted by atomic mass is 16.7. The molecule has 49 heavy (non-hydrogen) atoms. The zero-order valence-corrected chi connectivity index (χ0v) is 27.7. The average molecular weight is 692 g/mol. The van der Waals surface area contributed by atoms with Crippen molar-refractivity contribution in [3.63, 3.8) is 0 Å². The highest BCUT2D eigenvalue weighted by molar-refractivity contribution is 5.97. The molecule has 1 N–H and O–H groups in total. The van der Waals surface area contributed by atoms with Crippen LogP contribution in [0.3, 0.4) is 0 Å². The van der Waals surface area contributed by atoms with Crippen LogP contribution in [0.15, 0.2) is 42.5 Å². The Hall–Kier alpha value is -4.84. The van der Waals surface area contributed by atoms with Crippen LogP contribution < -0.4 is 14.8 Å². The van der Waals surface area contributed by atoms with Crippen molar-refractivity contribution in [3.05, 3.63) is 63.7 Å². The number of nitrogens with zero attached hydrogens (tertiary/aromatic N) is 2. The lowest BCUT2D eigenvalue weighted by Gasteiger charge is -2.33. The normalized spacial score (nSPS) is 17.1. The van der Waals surface area contributed by atoms with Gasteiger partial charge < -0.3 is 48.1 Å². The van der Waals surface area contributed by atoms with E-state index in [0.717, 1.165) is 6.54 Å². The molecule has 3 rings (SSSR count). The Bertz CT molecular complexity index is 1420. The number of esters is 2. The molecule has 3 atom stereocenters. The van der Waals surface area contributed by atoms with Crippen molar-refractivity contribution in [2.45, 2.75) is 44.9 Å². The lowest BCUT2D eigenvalue weighted by molar-refractivity contribution is -0.384. The van der Waals surface area contributed by atoms with Gasteiger partial charge in [-0.25, -0.2) is 9.59 Å². The molecule has 1 amide bonds. The highest BCUT2D eigenvalue weighted by Crippen LogP contribution is 2.29. The van der Waals surface area contributed by atoms with E-state index in [4.69, 9.17) is 37.9 Å². The second-order valence-corrected chi connectivity index (χ2v) is 10.9. The molecule has 268 valence electrons. The number of likely N-dealkylation sites (N-methyl/N-ethyl adjacent to an activating group) is 1. The maximum atomic E-state index is 13.3. The summed E-state index contributed by atoms with van der Waals surface area (Å²) in [7, 11) is 5.09. The molecule has 0 saturated carbocycles. The van der Waals surface area contributed by atoms with Gasteiger partial charge in [0.25, 0.3) is 11.6 Å². The summed E-state index contributed by atoms with van der Waals surface area (Å²) < 4.78 is 43.1. The van der Waals surface area contributed by atoms with Gasteiger partial charge in [-0.2, -0.15) is 0 Å². The number of rotatable bonds is 18. The standard InChI is InChI=1S/C32H41N3O14/c1-21(36)46-25-18-28(31(38)42-4)49-29(19-25)48-27-10-5-22(20-45-32(39)47-24-8-6-23(7-9-24)35(40)41)17-26(27)30(37)33-11-13-43-15-16-44-14-12-34(2)3/h5-10,17,25,28-29H,11-16,18-20H2,1-4H3,(H,33,37). The second-order valence-electron chi connectivity index (χ2n) is 10.9. The number of carbonyl (C=O) groups is 4. The second kappa shape index (κ2) is 19.9. The van der Waals surface area contributed by atoms with E-state index in [1.54, 1.807) is 0 Å². The van der Waals surface area contributed by atoms with Crippen LogP contribution in [0.25, 0.3) is 0 Å². The fourth-order valence-corrected chi connectivity index (χ4v) is 4.43. The topological polar surface area (TPSA) is 201 Å². The zero-order valence-electron chi connectivity index (χ0n) is 27.7. The molecule has 1 aliphatic rings. The summed E-state index contributed by atoms with van der Waals surface area (Å²) in [6, 6.07) is 9.29. The van der Waals surface area contributed by atoms with Crippen LogP contribution in [-0.2, 0) is 44.6 Å². The van der Waals surface area contributed by atoms with Crippen LogP contribution >= 0.6 is 0 Å². The van der Waals surface area contributed by atoms with Crippen molar-refractivity contribution < 1.29 is 62.0 Å². The maximum absolute atomic E-state index is 13.3. The van der Waals surface area contributed by atoms with Gasteiger partial charge in [0.05, 0.1) is 44.0 Å². The van der Waals surface area contributed by atoms with E-state index in [0.29, 0.717) is 25.4 Å². The number of amides is 1. The molecule has 17 heteroatoms. The van der Waals surface area contributed by atoms with Gasteiger partial charge in [0.2, 0.25) is 6.29 Å². The highest BCUT2D eigenvalue weighted by Gasteiger charge is 2.37. The molecule has 2 aromatic rings. The molecule has 0 bridgehead atoms. The summed E-state index contributed by atoms with van der Waals surface area (Å²) in [6.45, 7) is 3.38. The van der Waals surface area contributed by atoms with E-state index in [2.05, 4.69) is 5.32 Å². The first-order valence-electron chi connectivity index (χ1n) is 15.3. The van der Waals surface area contributed by atoms with Crippen molar-refractivity contribution in [1.82, 2.24) is 10.2 Å². The number of nitro benzene ring substituents is 1. The number of hydrogen-bond acceptors (Lipinski definition) is 15. The van der Waals surface area contributed by atoms with Crippen LogP contribution in [0.2, 0.25) is 0 Å². The van der Waals surface area contributed by atoms with Gasteiger partial charge >= 0.3 is 18.1 Å². The molecule has 0 spiro atoms. The van der Waals surface area contributed by atoms with Gasteiger partial charge in [-0.15, -0.1) is 0 Å². The number of methoxy groups -OCH3 is 1. The number of non-ortho nitro benzene ring substituents is 1. The molecule has 1 fully saturated rings. The smallest absolute Gasteiger partial charge is 0.467 e. The molecule has 1 heterocycles. The fourth-order valence-electron chi connectivity index (χ4n) is 4.43. The number of ether oxygens (including phenoxy) is 8. The van der Waals surface area contributed by atoms with E-state index >= 15 is 0 Å². The molecular weight excluding hydrogens is 650 g/mol. The third-order valence-corrected chi connectivity index (χ3v) is 6.78. The minimum absolute atomic E-state index is 0.0338. The molecule has 0 aliphatic carbocycles. The maximum Gasteiger partial charge on any atom is 0.514 e. The first kappa shape index (κ1) is 38.6. The summed E-state index contributed by atoms with van der Waals surface area (Å²) in [4.78, 5) is 61.8. The number of nitro groups is 1. The number of benzene rings is 2. The predicted octanol–water partition coefficient (Wildman–Crippen LogP) is 2.62. The van der Waals surface area contributed by atoms with E-state index < -0.39 is 47.4 Å². The Kier molecular flexibility index (Phi) is 15.6. The lowest BCUT2D eigenvalue weighted by Crippen LogP contribution is -2.44. The molecule has 2 aromatic carbocycles. The van der Waals surface area contributed by atoms with E-state index in [1.165, 1.54) is 56.5 Å². The third kappa shape index (κ3) is 13.7. The molecule has 17 nitrogen and oxygen atoms in total. The zero-order chi connectivity index (χ0) is 35.8. The Labute approximate surface area is 282 Å². The summed E-state index contributed by atoms with van der Waals surface area (Å²) >= 11 is 0. The van der Waals surface area contributed by atoms with E-state index in [9.17, 15) is 29.3 Å². The van der Waals surface area contributed by atoms with Gasteiger partial charge in [-0.1, -0.05) is 6.07 Å². The van der Waals surface area contributed by atoms with Crippen LogP contribution in [0.1, 0.15) is 35.7 Å². The monoisotopic (exact) mass is 691 g/mol. The van der Waals surface area contributed by atoms with Crippen LogP contribution in [0.5, 0.6) is 11.5 Å². The molecule has 0 radical (unpaired) electrons. The number of hydrogen-bond donors (Lipinski definition) is 1. The minimum atomic E-state index is -1.09. The summed E-state index contributed by atoms with van der Waals surface area (Å²) in [5, 5.41) is 13.6. The van der Waals surface area contributed by atoms with Gasteiger partial charge in [0.15, 0.2) is 6.10 Å². The number of nitrogens with one attached hydrogen (secondary N) is 1. The van der Waals surface area contributed by atoms with Gasteiger partial charge in [-0.3, -0.25) is 19.7 Å². The Morgan fingerprint density at radius 3 is 2.37 bits per heavy atom. The van der Waals surface area contributed by atoms with Crippen LogP contribution in [-0.4, -0.2) is 113 Å². The molecular formula is C32H41N3O14. The lowest BCUT2D eigenvalue weighted by atomic mass is 10.0. The van der Waals surface area contributed by atoms with Crippen LogP contribution in [0.4, 0.5) is 10.5 Å². The first-order valence-corrected chi connectivity index (χ1v) is 15.3. The van der Waals surface area contributed by atoms with Crippen molar-refractivity contribution in [2.24, 2.45) is 0 Å². The minimum Gasteiger partial charge on any atom is -0.467 e. The average Bonchev–Trinajstić information content (AvgIpc) is 3.06. The predicted molar refractivity (Wildman–Crippen MR) is 169 cm³/mol. The third-order valence-electron chi connectivity index (χ3n) is 6.78. The molecule has 1 saturated heterocycles. The van der Waals surface area contributed by atoms with Gasteiger partial charge in [-0.05, 0) is 43.9 Å².